The Morgan fingerprint density at radius 1 is 1.41 bits per heavy atom. The van der Waals surface area contributed by atoms with Crippen LogP contribution in [0.25, 0.3) is 5.57 Å². The maximum absolute atomic E-state index is 5.87. The number of rotatable bonds is 4. The quantitative estimate of drug-likeness (QED) is 0.738. The second-order valence-electron chi connectivity index (χ2n) is 4.63. The lowest BCUT2D eigenvalue weighted by molar-refractivity contribution is 0.114. The molecule has 2 heteroatoms. The Hall–Kier alpha value is -0.890. The second-order valence-corrected chi connectivity index (χ2v) is 5.78. The first-order valence-electron chi connectivity index (χ1n) is 6.23. The van der Waals surface area contributed by atoms with Crippen molar-refractivity contribution in [2.24, 2.45) is 5.92 Å². The third-order valence-corrected chi connectivity index (χ3v) is 4.51. The third-order valence-electron chi connectivity index (χ3n) is 3.32. The smallest absolute Gasteiger partial charge is 0.0986 e. The van der Waals surface area contributed by atoms with Crippen LogP contribution in [0.2, 0.25) is 0 Å². The third kappa shape index (κ3) is 3.53. The maximum Gasteiger partial charge on any atom is 0.0986 e. The molecule has 92 valence electrons. The Morgan fingerprint density at radius 3 is 2.82 bits per heavy atom. The highest BCUT2D eigenvalue weighted by molar-refractivity contribution is 7.99. The minimum atomic E-state index is 0.337. The molecule has 17 heavy (non-hydrogen) atoms. The van der Waals surface area contributed by atoms with Gasteiger partial charge in [0.1, 0.15) is 0 Å². The molecule has 2 rings (SSSR count). The van der Waals surface area contributed by atoms with E-state index >= 15 is 0 Å². The first-order valence-corrected chi connectivity index (χ1v) is 7.38. The van der Waals surface area contributed by atoms with Gasteiger partial charge < -0.3 is 4.74 Å². The number of ether oxygens (including phenoxy) is 1. The topological polar surface area (TPSA) is 9.23 Å². The molecule has 1 heterocycles. The van der Waals surface area contributed by atoms with Crippen LogP contribution in [-0.2, 0) is 4.74 Å². The Kier molecular flexibility index (Phi) is 4.55. The fourth-order valence-electron chi connectivity index (χ4n) is 2.01. The lowest BCUT2D eigenvalue weighted by Gasteiger charge is -2.18. The van der Waals surface area contributed by atoms with Crippen molar-refractivity contribution in [3.05, 3.63) is 42.2 Å². The predicted molar refractivity (Wildman–Crippen MR) is 76.1 cm³/mol. The van der Waals surface area contributed by atoms with Gasteiger partial charge in [-0.05, 0) is 42.9 Å². The number of hydrogen-bond acceptors (Lipinski definition) is 2. The predicted octanol–water partition coefficient (Wildman–Crippen LogP) is 4.21. The van der Waals surface area contributed by atoms with Gasteiger partial charge >= 0.3 is 0 Å². The zero-order valence-electron chi connectivity index (χ0n) is 10.6. The first kappa shape index (κ1) is 12.6. The van der Waals surface area contributed by atoms with Gasteiger partial charge in [-0.1, -0.05) is 30.3 Å². The van der Waals surface area contributed by atoms with E-state index in [-0.39, 0.29) is 0 Å². The SMILES string of the molecule is C/C(=C/OC(C)C1CCSC1)c1ccccc1. The number of hydrogen-bond donors (Lipinski definition) is 0. The first-order chi connectivity index (χ1) is 8.27. The van der Waals surface area contributed by atoms with Crippen LogP contribution in [-0.4, -0.2) is 17.6 Å². The van der Waals surface area contributed by atoms with Gasteiger partial charge in [0.15, 0.2) is 0 Å². The van der Waals surface area contributed by atoms with E-state index in [1.165, 1.54) is 29.1 Å². The van der Waals surface area contributed by atoms with Crippen molar-refractivity contribution >= 4 is 17.3 Å². The van der Waals surface area contributed by atoms with E-state index < -0.39 is 0 Å². The highest BCUT2D eigenvalue weighted by atomic mass is 32.2. The Balaban J connectivity index is 1.91. The standard InChI is InChI=1S/C15H20OS/c1-12(14-6-4-3-5-7-14)10-16-13(2)15-8-9-17-11-15/h3-7,10,13,15H,8-9,11H2,1-2H3/b12-10-. The molecule has 1 nitrogen and oxygen atoms in total. The van der Waals surface area contributed by atoms with E-state index in [1.54, 1.807) is 0 Å². The molecule has 1 saturated heterocycles. The molecule has 1 aromatic carbocycles. The highest BCUT2D eigenvalue weighted by Gasteiger charge is 2.22. The van der Waals surface area contributed by atoms with Crippen molar-refractivity contribution < 1.29 is 4.74 Å². The van der Waals surface area contributed by atoms with Gasteiger partial charge in [0.25, 0.3) is 0 Å². The van der Waals surface area contributed by atoms with Gasteiger partial charge in [0, 0.05) is 5.92 Å². The molecule has 0 aromatic heterocycles. The van der Waals surface area contributed by atoms with Crippen molar-refractivity contribution in [2.45, 2.75) is 26.4 Å². The zero-order chi connectivity index (χ0) is 12.1. The Bertz CT molecular complexity index is 366. The molecule has 1 aromatic rings. The fraction of sp³-hybridized carbons (Fsp3) is 0.467. The van der Waals surface area contributed by atoms with Crippen molar-refractivity contribution in [1.29, 1.82) is 0 Å². The van der Waals surface area contributed by atoms with Gasteiger partial charge in [-0.25, -0.2) is 0 Å². The van der Waals surface area contributed by atoms with Crippen LogP contribution in [0.3, 0.4) is 0 Å². The van der Waals surface area contributed by atoms with E-state index in [0.29, 0.717) is 6.10 Å². The normalized spacial score (nSPS) is 22.5. The Morgan fingerprint density at radius 2 is 2.18 bits per heavy atom. The lowest BCUT2D eigenvalue weighted by Crippen LogP contribution is -2.18. The maximum atomic E-state index is 5.87. The summed E-state index contributed by atoms with van der Waals surface area (Å²) in [5.41, 5.74) is 2.43. The highest BCUT2D eigenvalue weighted by Crippen LogP contribution is 2.28. The average Bonchev–Trinajstić information content (AvgIpc) is 2.90. The van der Waals surface area contributed by atoms with Gasteiger partial charge in [0.05, 0.1) is 12.4 Å². The second kappa shape index (κ2) is 6.15. The summed E-state index contributed by atoms with van der Waals surface area (Å²) >= 11 is 2.04. The van der Waals surface area contributed by atoms with Gasteiger partial charge in [-0.3, -0.25) is 0 Å². The minimum Gasteiger partial charge on any atom is -0.498 e. The van der Waals surface area contributed by atoms with Crippen molar-refractivity contribution in [2.75, 3.05) is 11.5 Å². The largest absolute Gasteiger partial charge is 0.498 e. The number of thioether (sulfide) groups is 1. The molecule has 1 aliphatic rings. The van der Waals surface area contributed by atoms with Crippen molar-refractivity contribution in [3.63, 3.8) is 0 Å². The molecule has 0 aliphatic carbocycles. The molecule has 0 amide bonds. The van der Waals surface area contributed by atoms with Crippen LogP contribution in [0.5, 0.6) is 0 Å². The van der Waals surface area contributed by atoms with Crippen LogP contribution in [0.4, 0.5) is 0 Å². The molecular weight excluding hydrogens is 228 g/mol. The van der Waals surface area contributed by atoms with Gasteiger partial charge in [-0.15, -0.1) is 0 Å². The van der Waals surface area contributed by atoms with Crippen LogP contribution in [0, 0.1) is 5.92 Å². The van der Waals surface area contributed by atoms with Crippen molar-refractivity contribution in [3.8, 4) is 0 Å². The fourth-order valence-corrected chi connectivity index (χ4v) is 3.39. The molecule has 1 fully saturated rings. The molecule has 0 saturated carbocycles. The molecule has 1 aliphatic heterocycles. The zero-order valence-corrected chi connectivity index (χ0v) is 11.4. The summed E-state index contributed by atoms with van der Waals surface area (Å²) < 4.78 is 5.87. The molecule has 0 N–H and O–H groups in total. The summed E-state index contributed by atoms with van der Waals surface area (Å²) in [6, 6.07) is 10.4. The van der Waals surface area contributed by atoms with Gasteiger partial charge in [0.2, 0.25) is 0 Å². The molecule has 0 radical (unpaired) electrons. The molecular formula is C15H20OS. The molecule has 0 spiro atoms. The van der Waals surface area contributed by atoms with E-state index in [4.69, 9.17) is 4.74 Å². The molecule has 0 bridgehead atoms. The van der Waals surface area contributed by atoms with Gasteiger partial charge in [-0.2, -0.15) is 11.8 Å². The van der Waals surface area contributed by atoms with E-state index in [0.717, 1.165) is 5.92 Å². The minimum absolute atomic E-state index is 0.337. The van der Waals surface area contributed by atoms with Crippen LogP contribution < -0.4 is 0 Å². The number of allylic oxidation sites excluding steroid dienone is 1. The van der Waals surface area contributed by atoms with E-state index in [2.05, 4.69) is 38.1 Å². The lowest BCUT2D eigenvalue weighted by atomic mass is 10.0. The van der Waals surface area contributed by atoms with E-state index in [9.17, 15) is 0 Å². The monoisotopic (exact) mass is 248 g/mol. The van der Waals surface area contributed by atoms with Crippen molar-refractivity contribution in [1.82, 2.24) is 0 Å². The summed E-state index contributed by atoms with van der Waals surface area (Å²) in [5, 5.41) is 0. The summed E-state index contributed by atoms with van der Waals surface area (Å²) in [4.78, 5) is 0. The summed E-state index contributed by atoms with van der Waals surface area (Å²) in [7, 11) is 0. The summed E-state index contributed by atoms with van der Waals surface area (Å²) in [6.07, 6.45) is 3.55. The molecule has 2 atom stereocenters. The number of benzene rings is 1. The average molecular weight is 248 g/mol. The van der Waals surface area contributed by atoms with Crippen LogP contribution >= 0.6 is 11.8 Å². The van der Waals surface area contributed by atoms with Crippen LogP contribution in [0.1, 0.15) is 25.8 Å². The molecule has 2 unspecified atom stereocenters. The van der Waals surface area contributed by atoms with Crippen LogP contribution in [0.15, 0.2) is 36.6 Å². The summed E-state index contributed by atoms with van der Waals surface area (Å²) in [6.45, 7) is 4.29. The Labute approximate surface area is 108 Å². The van der Waals surface area contributed by atoms with E-state index in [1.807, 2.05) is 24.1 Å². The summed E-state index contributed by atoms with van der Waals surface area (Å²) in [5.74, 6) is 3.26.